The summed E-state index contributed by atoms with van der Waals surface area (Å²) in [5, 5.41) is 6.08. The van der Waals surface area contributed by atoms with Crippen LogP contribution in [0.5, 0.6) is 0 Å². The van der Waals surface area contributed by atoms with E-state index in [0.29, 0.717) is 0 Å². The fourth-order valence-corrected chi connectivity index (χ4v) is 3.05. The first kappa shape index (κ1) is 18.8. The van der Waals surface area contributed by atoms with Crippen LogP contribution in [0.15, 0.2) is 43.0 Å². The van der Waals surface area contributed by atoms with Crippen LogP contribution in [-0.4, -0.2) is 6.03 Å². The highest BCUT2D eigenvalue weighted by atomic mass is 16.2. The molecular weight excluding hydrogens is 308 g/mol. The highest BCUT2D eigenvalue weighted by Crippen LogP contribution is 2.25. The van der Waals surface area contributed by atoms with Gasteiger partial charge in [-0.2, -0.15) is 0 Å². The quantitative estimate of drug-likeness (QED) is 0.738. The average molecular weight is 336 g/mol. The maximum atomic E-state index is 12.6. The van der Waals surface area contributed by atoms with Crippen molar-refractivity contribution in [1.82, 2.24) is 5.32 Å². The van der Waals surface area contributed by atoms with E-state index >= 15 is 0 Å². The van der Waals surface area contributed by atoms with Gasteiger partial charge < -0.3 is 10.6 Å². The Kier molecular flexibility index (Phi) is 5.36. The smallest absolute Gasteiger partial charge is 0.319 e. The molecule has 0 saturated heterocycles. The zero-order valence-electron chi connectivity index (χ0n) is 16.1. The number of anilines is 1. The minimum absolute atomic E-state index is 0.208. The Morgan fingerprint density at radius 1 is 1.04 bits per heavy atom. The first-order valence-corrected chi connectivity index (χ1v) is 8.53. The van der Waals surface area contributed by atoms with Crippen molar-refractivity contribution in [2.75, 3.05) is 5.32 Å². The summed E-state index contributed by atoms with van der Waals surface area (Å²) in [5.74, 6) is 0. The number of rotatable bonds is 4. The van der Waals surface area contributed by atoms with Crippen LogP contribution in [0, 0.1) is 20.8 Å². The van der Waals surface area contributed by atoms with Crippen LogP contribution in [0.1, 0.15) is 48.6 Å². The number of benzene rings is 2. The average Bonchev–Trinajstić information content (AvgIpc) is 2.50. The van der Waals surface area contributed by atoms with E-state index in [9.17, 15) is 4.79 Å². The molecule has 2 amide bonds. The summed E-state index contributed by atoms with van der Waals surface area (Å²) in [7, 11) is 0. The zero-order valence-corrected chi connectivity index (χ0v) is 16.1. The summed E-state index contributed by atoms with van der Waals surface area (Å²) in [6.45, 7) is 16.1. The monoisotopic (exact) mass is 336 g/mol. The number of amides is 2. The fourth-order valence-electron chi connectivity index (χ4n) is 3.05. The second-order valence-corrected chi connectivity index (χ2v) is 7.34. The second kappa shape index (κ2) is 7.14. The Bertz CT molecular complexity index is 796. The third-order valence-electron chi connectivity index (χ3n) is 4.42. The van der Waals surface area contributed by atoms with E-state index in [0.717, 1.165) is 33.5 Å². The van der Waals surface area contributed by atoms with Gasteiger partial charge in [0.15, 0.2) is 0 Å². The maximum absolute atomic E-state index is 12.6. The largest absolute Gasteiger partial charge is 0.329 e. The Balaban J connectivity index is 2.19. The number of urea groups is 1. The molecule has 0 aromatic heterocycles. The lowest BCUT2D eigenvalue weighted by Gasteiger charge is -2.28. The zero-order chi connectivity index (χ0) is 18.8. The summed E-state index contributed by atoms with van der Waals surface area (Å²) in [5.41, 5.74) is 6.82. The molecular formula is C22H28N2O. The van der Waals surface area contributed by atoms with E-state index in [-0.39, 0.29) is 6.03 Å². The van der Waals surface area contributed by atoms with Crippen molar-refractivity contribution in [3.8, 4) is 0 Å². The third kappa shape index (κ3) is 4.50. The van der Waals surface area contributed by atoms with Crippen molar-refractivity contribution < 1.29 is 4.79 Å². The first-order chi connectivity index (χ1) is 11.6. The van der Waals surface area contributed by atoms with Gasteiger partial charge in [0.05, 0.1) is 5.54 Å². The number of hydrogen-bond acceptors (Lipinski definition) is 1. The van der Waals surface area contributed by atoms with Crippen LogP contribution >= 0.6 is 0 Å². The van der Waals surface area contributed by atoms with E-state index in [1.807, 2.05) is 52.8 Å². The molecule has 0 bridgehead atoms. The predicted molar refractivity (Wildman–Crippen MR) is 107 cm³/mol. The number of nitrogens with one attached hydrogen (secondary N) is 2. The Morgan fingerprint density at radius 3 is 2.20 bits per heavy atom. The van der Waals surface area contributed by atoms with Crippen molar-refractivity contribution in [3.05, 3.63) is 70.8 Å². The molecule has 0 aliphatic heterocycles. The molecule has 2 aromatic rings. The van der Waals surface area contributed by atoms with Crippen LogP contribution in [0.3, 0.4) is 0 Å². The standard InChI is InChI=1S/C22H28N2O/c1-14(2)18-9-8-10-19(13-18)22(6,7)24-21(25)23-20-16(4)11-15(3)12-17(20)5/h8-13H,1H2,2-7H3,(H2,23,24,25). The van der Waals surface area contributed by atoms with Gasteiger partial charge >= 0.3 is 6.03 Å². The molecule has 3 nitrogen and oxygen atoms in total. The van der Waals surface area contributed by atoms with Crippen molar-refractivity contribution in [2.24, 2.45) is 0 Å². The minimum Gasteiger partial charge on any atom is -0.329 e. The van der Waals surface area contributed by atoms with E-state index in [4.69, 9.17) is 0 Å². The molecule has 0 atom stereocenters. The van der Waals surface area contributed by atoms with E-state index in [1.165, 1.54) is 5.56 Å². The fraction of sp³-hybridized carbons (Fsp3) is 0.318. The van der Waals surface area contributed by atoms with Gasteiger partial charge in [0.1, 0.15) is 0 Å². The lowest BCUT2D eigenvalue weighted by molar-refractivity contribution is 0.242. The van der Waals surface area contributed by atoms with Crippen LogP contribution in [0.25, 0.3) is 5.57 Å². The molecule has 3 heteroatoms. The van der Waals surface area contributed by atoms with Crippen molar-refractivity contribution in [1.29, 1.82) is 0 Å². The summed E-state index contributed by atoms with van der Waals surface area (Å²) < 4.78 is 0. The highest BCUT2D eigenvalue weighted by Gasteiger charge is 2.23. The first-order valence-electron chi connectivity index (χ1n) is 8.53. The molecule has 2 N–H and O–H groups in total. The van der Waals surface area contributed by atoms with Crippen LogP contribution < -0.4 is 10.6 Å². The summed E-state index contributed by atoms with van der Waals surface area (Å²) in [4.78, 5) is 12.6. The molecule has 0 aliphatic rings. The van der Waals surface area contributed by atoms with Crippen molar-refractivity contribution in [2.45, 2.75) is 47.1 Å². The molecule has 0 radical (unpaired) electrons. The second-order valence-electron chi connectivity index (χ2n) is 7.34. The molecule has 2 aromatic carbocycles. The van der Waals surface area contributed by atoms with Gasteiger partial charge in [-0.05, 0) is 69.9 Å². The van der Waals surface area contributed by atoms with Gasteiger partial charge in [-0.15, -0.1) is 0 Å². The number of allylic oxidation sites excluding steroid dienone is 1. The number of aryl methyl sites for hydroxylation is 3. The summed E-state index contributed by atoms with van der Waals surface area (Å²) in [6, 6.07) is 12.1. The van der Waals surface area contributed by atoms with Crippen LogP contribution in [0.2, 0.25) is 0 Å². The van der Waals surface area contributed by atoms with Crippen LogP contribution in [-0.2, 0) is 5.54 Å². The van der Waals surface area contributed by atoms with Gasteiger partial charge in [-0.25, -0.2) is 4.79 Å². The summed E-state index contributed by atoms with van der Waals surface area (Å²) >= 11 is 0. The van der Waals surface area contributed by atoms with E-state index in [1.54, 1.807) is 0 Å². The number of carbonyl (C=O) groups is 1. The van der Waals surface area contributed by atoms with Crippen LogP contribution in [0.4, 0.5) is 10.5 Å². The molecule has 132 valence electrons. The molecule has 0 saturated carbocycles. The van der Waals surface area contributed by atoms with E-state index < -0.39 is 5.54 Å². The molecule has 0 unspecified atom stereocenters. The minimum atomic E-state index is -0.498. The Labute approximate surface area is 151 Å². The molecule has 25 heavy (non-hydrogen) atoms. The number of hydrogen-bond donors (Lipinski definition) is 2. The van der Waals surface area contributed by atoms with Gasteiger partial charge in [0.25, 0.3) is 0 Å². The predicted octanol–water partition coefficient (Wildman–Crippen LogP) is 5.70. The molecule has 2 rings (SSSR count). The highest BCUT2D eigenvalue weighted by molar-refractivity contribution is 5.91. The van der Waals surface area contributed by atoms with E-state index in [2.05, 4.69) is 42.3 Å². The Hall–Kier alpha value is -2.55. The van der Waals surface area contributed by atoms with Gasteiger partial charge in [0.2, 0.25) is 0 Å². The summed E-state index contributed by atoms with van der Waals surface area (Å²) in [6.07, 6.45) is 0. The molecule has 0 aliphatic carbocycles. The topological polar surface area (TPSA) is 41.1 Å². The van der Waals surface area contributed by atoms with Gasteiger partial charge in [-0.1, -0.05) is 48.0 Å². The maximum Gasteiger partial charge on any atom is 0.319 e. The Morgan fingerprint density at radius 2 is 1.64 bits per heavy atom. The SMILES string of the molecule is C=C(C)c1cccc(C(C)(C)NC(=O)Nc2c(C)cc(C)cc2C)c1. The molecule has 0 spiro atoms. The third-order valence-corrected chi connectivity index (χ3v) is 4.42. The lowest BCUT2D eigenvalue weighted by Crippen LogP contribution is -2.43. The number of carbonyl (C=O) groups excluding carboxylic acids is 1. The molecule has 0 heterocycles. The van der Waals surface area contributed by atoms with Gasteiger partial charge in [-0.3, -0.25) is 0 Å². The normalized spacial score (nSPS) is 11.1. The van der Waals surface area contributed by atoms with Crippen molar-refractivity contribution >= 4 is 17.3 Å². The molecule has 0 fully saturated rings. The van der Waals surface area contributed by atoms with Gasteiger partial charge in [0, 0.05) is 5.69 Å². The van der Waals surface area contributed by atoms with Crippen molar-refractivity contribution in [3.63, 3.8) is 0 Å². The lowest BCUT2D eigenvalue weighted by atomic mass is 9.92.